The first-order valence-electron chi connectivity index (χ1n) is 5.98. The highest BCUT2D eigenvalue weighted by Crippen LogP contribution is 2.19. The average Bonchev–Trinajstić information content (AvgIpc) is 2.74. The molecule has 0 aliphatic carbocycles. The Morgan fingerprint density at radius 3 is 2.78 bits per heavy atom. The fourth-order valence-electron chi connectivity index (χ4n) is 1.60. The third-order valence-corrected chi connectivity index (χ3v) is 4.43. The van der Waals surface area contributed by atoms with Gasteiger partial charge in [-0.15, -0.1) is 4.72 Å². The largest absolute Gasteiger partial charge is 0.598 e. The standard InChI is InChI=1S/C13H19N3OS/c1-10(15-18(17)13(2,3)4)11-5-6-12-14-7-8-16(12)9-11/h5-10,15H,1-4H3/t10-,18?/m0/s1. The van der Waals surface area contributed by atoms with Crippen LogP contribution in [0, 0.1) is 0 Å². The van der Waals surface area contributed by atoms with Crippen molar-refractivity contribution in [1.29, 1.82) is 0 Å². The summed E-state index contributed by atoms with van der Waals surface area (Å²) in [4.78, 5) is 4.20. The maximum absolute atomic E-state index is 12.0. The zero-order valence-electron chi connectivity index (χ0n) is 11.2. The van der Waals surface area contributed by atoms with Crippen molar-refractivity contribution in [3.05, 3.63) is 36.3 Å². The number of nitrogens with zero attached hydrogens (tertiary/aromatic N) is 2. The molecule has 1 unspecified atom stereocenters. The molecule has 0 aliphatic rings. The molecule has 0 radical (unpaired) electrons. The number of hydrogen-bond donors (Lipinski definition) is 1. The van der Waals surface area contributed by atoms with Crippen LogP contribution in [-0.4, -0.2) is 18.7 Å². The van der Waals surface area contributed by atoms with Crippen molar-refractivity contribution in [2.24, 2.45) is 0 Å². The van der Waals surface area contributed by atoms with E-state index in [1.807, 2.05) is 56.6 Å². The molecular weight excluding hydrogens is 246 g/mol. The summed E-state index contributed by atoms with van der Waals surface area (Å²) < 4.78 is 16.9. The van der Waals surface area contributed by atoms with E-state index in [0.29, 0.717) is 0 Å². The van der Waals surface area contributed by atoms with Crippen LogP contribution in [0.2, 0.25) is 0 Å². The van der Waals surface area contributed by atoms with E-state index in [2.05, 4.69) is 9.71 Å². The molecule has 0 bridgehead atoms. The van der Waals surface area contributed by atoms with Gasteiger partial charge in [0, 0.05) is 30.0 Å². The highest BCUT2D eigenvalue weighted by Gasteiger charge is 2.28. The lowest BCUT2D eigenvalue weighted by atomic mass is 10.1. The van der Waals surface area contributed by atoms with Gasteiger partial charge in [-0.1, -0.05) is 6.07 Å². The van der Waals surface area contributed by atoms with E-state index in [0.717, 1.165) is 11.2 Å². The highest BCUT2D eigenvalue weighted by molar-refractivity contribution is 7.90. The Morgan fingerprint density at radius 2 is 2.11 bits per heavy atom. The molecule has 0 saturated heterocycles. The van der Waals surface area contributed by atoms with Gasteiger partial charge in [0.25, 0.3) is 0 Å². The summed E-state index contributed by atoms with van der Waals surface area (Å²) in [6.07, 6.45) is 5.69. The van der Waals surface area contributed by atoms with Gasteiger partial charge in [0.1, 0.15) is 10.4 Å². The predicted molar refractivity (Wildman–Crippen MR) is 74.6 cm³/mol. The van der Waals surface area contributed by atoms with Crippen LogP contribution in [0.4, 0.5) is 0 Å². The highest BCUT2D eigenvalue weighted by atomic mass is 32.2. The van der Waals surface area contributed by atoms with Gasteiger partial charge in [-0.05, 0) is 39.3 Å². The number of imidazole rings is 1. The molecule has 0 aromatic carbocycles. The second kappa shape index (κ2) is 4.91. The van der Waals surface area contributed by atoms with Crippen molar-refractivity contribution in [3.8, 4) is 0 Å². The van der Waals surface area contributed by atoms with Crippen LogP contribution >= 0.6 is 0 Å². The Morgan fingerprint density at radius 1 is 1.39 bits per heavy atom. The summed E-state index contributed by atoms with van der Waals surface area (Å²) in [6.45, 7) is 7.90. The van der Waals surface area contributed by atoms with Crippen LogP contribution in [0.1, 0.15) is 39.3 Å². The van der Waals surface area contributed by atoms with Gasteiger partial charge < -0.3 is 8.95 Å². The van der Waals surface area contributed by atoms with Gasteiger partial charge >= 0.3 is 0 Å². The Kier molecular flexibility index (Phi) is 3.66. The summed E-state index contributed by atoms with van der Waals surface area (Å²) in [7, 11) is 0. The summed E-state index contributed by atoms with van der Waals surface area (Å²) in [5.41, 5.74) is 2.01. The second-order valence-corrected chi connectivity index (χ2v) is 7.37. The van der Waals surface area contributed by atoms with Crippen molar-refractivity contribution in [1.82, 2.24) is 14.1 Å². The van der Waals surface area contributed by atoms with E-state index < -0.39 is 11.4 Å². The monoisotopic (exact) mass is 265 g/mol. The molecule has 2 heterocycles. The first-order chi connectivity index (χ1) is 8.38. The average molecular weight is 265 g/mol. The van der Waals surface area contributed by atoms with Gasteiger partial charge in [0.05, 0.1) is 6.04 Å². The molecular formula is C13H19N3OS. The molecule has 0 aliphatic heterocycles. The Balaban J connectivity index is 2.15. The van der Waals surface area contributed by atoms with Gasteiger partial charge in [-0.25, -0.2) is 4.98 Å². The summed E-state index contributed by atoms with van der Waals surface area (Å²) in [6, 6.07) is 4.02. The normalized spacial score (nSPS) is 15.8. The molecule has 0 saturated carbocycles. The molecule has 5 heteroatoms. The van der Waals surface area contributed by atoms with Gasteiger partial charge in [0.2, 0.25) is 0 Å². The van der Waals surface area contributed by atoms with Crippen molar-refractivity contribution in [3.63, 3.8) is 0 Å². The van der Waals surface area contributed by atoms with Crippen LogP contribution in [-0.2, 0) is 11.4 Å². The topological polar surface area (TPSA) is 52.4 Å². The third kappa shape index (κ3) is 2.85. The van der Waals surface area contributed by atoms with Crippen molar-refractivity contribution >= 4 is 17.0 Å². The van der Waals surface area contributed by atoms with E-state index in [4.69, 9.17) is 0 Å². The Hall–Kier alpha value is -1.04. The molecule has 98 valence electrons. The maximum atomic E-state index is 12.0. The molecule has 0 fully saturated rings. The second-order valence-electron chi connectivity index (χ2n) is 5.38. The SMILES string of the molecule is C[C@H](N[S+]([O-])C(C)(C)C)c1ccc2nccn2c1. The maximum Gasteiger partial charge on any atom is 0.136 e. The first-order valence-corrected chi connectivity index (χ1v) is 7.13. The molecule has 2 rings (SSSR count). The van der Waals surface area contributed by atoms with E-state index in [9.17, 15) is 4.55 Å². The number of fused-ring (bicyclic) bond motifs is 1. The number of pyridine rings is 1. The lowest BCUT2D eigenvalue weighted by Gasteiger charge is -2.26. The van der Waals surface area contributed by atoms with Gasteiger partial charge in [-0.2, -0.15) is 0 Å². The first kappa shape index (κ1) is 13.4. The number of rotatable bonds is 3. The van der Waals surface area contributed by atoms with E-state index >= 15 is 0 Å². The van der Waals surface area contributed by atoms with E-state index in [-0.39, 0.29) is 10.8 Å². The zero-order valence-corrected chi connectivity index (χ0v) is 12.0. The van der Waals surface area contributed by atoms with Crippen LogP contribution in [0.3, 0.4) is 0 Å². The molecule has 2 aromatic rings. The minimum Gasteiger partial charge on any atom is -0.598 e. The lowest BCUT2D eigenvalue weighted by molar-refractivity contribution is 0.531. The van der Waals surface area contributed by atoms with Crippen LogP contribution in [0.5, 0.6) is 0 Å². The quantitative estimate of drug-likeness (QED) is 0.867. The van der Waals surface area contributed by atoms with E-state index in [1.165, 1.54) is 0 Å². The predicted octanol–water partition coefficient (Wildman–Crippen LogP) is 2.45. The lowest BCUT2D eigenvalue weighted by Crippen LogP contribution is -2.40. The van der Waals surface area contributed by atoms with Crippen LogP contribution in [0.25, 0.3) is 5.65 Å². The Bertz CT molecular complexity index is 532. The van der Waals surface area contributed by atoms with Crippen molar-refractivity contribution in [2.45, 2.75) is 38.5 Å². The minimum atomic E-state index is -1.07. The number of hydrogen-bond acceptors (Lipinski definition) is 3. The molecule has 0 spiro atoms. The third-order valence-electron chi connectivity index (χ3n) is 2.75. The van der Waals surface area contributed by atoms with E-state index in [1.54, 1.807) is 6.20 Å². The smallest absolute Gasteiger partial charge is 0.136 e. The zero-order chi connectivity index (χ0) is 13.3. The van der Waals surface area contributed by atoms with Gasteiger partial charge in [0.15, 0.2) is 0 Å². The Labute approximate surface area is 111 Å². The molecule has 2 aromatic heterocycles. The number of nitrogens with one attached hydrogen (secondary N) is 1. The van der Waals surface area contributed by atoms with Crippen molar-refractivity contribution < 1.29 is 4.55 Å². The molecule has 18 heavy (non-hydrogen) atoms. The summed E-state index contributed by atoms with van der Waals surface area (Å²) in [5.74, 6) is 0. The fourth-order valence-corrected chi connectivity index (χ4v) is 2.41. The van der Waals surface area contributed by atoms with Crippen LogP contribution in [0.15, 0.2) is 30.7 Å². The molecule has 2 atom stereocenters. The van der Waals surface area contributed by atoms with Gasteiger partial charge in [-0.3, -0.25) is 0 Å². The fraction of sp³-hybridized carbons (Fsp3) is 0.462. The molecule has 4 nitrogen and oxygen atoms in total. The number of aromatic nitrogens is 2. The molecule has 0 amide bonds. The molecule has 1 N–H and O–H groups in total. The minimum absolute atomic E-state index is 0.0388. The summed E-state index contributed by atoms with van der Waals surface area (Å²) >= 11 is -1.07. The van der Waals surface area contributed by atoms with Crippen LogP contribution < -0.4 is 4.72 Å². The summed E-state index contributed by atoms with van der Waals surface area (Å²) in [5, 5.41) is 0. The van der Waals surface area contributed by atoms with Crippen molar-refractivity contribution in [2.75, 3.05) is 0 Å².